The van der Waals surface area contributed by atoms with E-state index in [9.17, 15) is 19.2 Å². The number of nitrogens with one attached hydrogen (secondary N) is 1. The molecule has 11 nitrogen and oxygen atoms in total. The van der Waals surface area contributed by atoms with E-state index in [2.05, 4.69) is 5.32 Å². The number of benzene rings is 2. The molecule has 0 saturated heterocycles. The molecular formula is C26H30ClN3O8. The molecule has 0 bridgehead atoms. The number of methoxy groups -OCH3 is 1. The van der Waals surface area contributed by atoms with Crippen LogP contribution < -0.4 is 15.0 Å². The largest absolute Gasteiger partial charge is 0.497 e. The van der Waals surface area contributed by atoms with Gasteiger partial charge in [0.05, 0.1) is 24.5 Å². The number of hydrogen-bond acceptors (Lipinski definition) is 8. The zero-order chi connectivity index (χ0) is 28.4. The minimum Gasteiger partial charge on any atom is -0.497 e. The Balaban J connectivity index is 0.000000550. The summed E-state index contributed by atoms with van der Waals surface area (Å²) < 4.78 is 10.8. The maximum atomic E-state index is 13.6. The number of amides is 1. The summed E-state index contributed by atoms with van der Waals surface area (Å²) in [5.74, 6) is -2.63. The van der Waals surface area contributed by atoms with E-state index in [1.807, 2.05) is 31.1 Å². The highest BCUT2D eigenvalue weighted by atomic mass is 35.5. The normalized spacial score (nSPS) is 16.6. The summed E-state index contributed by atoms with van der Waals surface area (Å²) in [6.07, 6.45) is 0.0780. The maximum Gasteiger partial charge on any atom is 0.328 e. The molecule has 2 atom stereocenters. The summed E-state index contributed by atoms with van der Waals surface area (Å²) in [7, 11) is 5.46. The van der Waals surface area contributed by atoms with Gasteiger partial charge in [0.2, 0.25) is 6.10 Å². The molecule has 0 aromatic heterocycles. The number of carboxylic acid groups (broad SMARTS) is 2. The molecular weight excluding hydrogens is 518 g/mol. The monoisotopic (exact) mass is 547 g/mol. The molecule has 0 saturated carbocycles. The first kappa shape index (κ1) is 30.1. The van der Waals surface area contributed by atoms with E-state index in [0.29, 0.717) is 47.4 Å². The average Bonchev–Trinajstić information content (AvgIpc) is 2.96. The molecule has 1 amide bonds. The van der Waals surface area contributed by atoms with Crippen molar-refractivity contribution in [1.82, 2.24) is 4.90 Å². The van der Waals surface area contributed by atoms with E-state index in [4.69, 9.17) is 31.3 Å². The quantitative estimate of drug-likeness (QED) is 0.333. The standard InChI is InChI=1S/C22H26ClN3O4.C4H4O4/c1-14(27)30-21-20(15-5-8-17(29-4)9-6-15)24-18-13-16(23)7-10-19(18)26(22(21)28)12-11-25(2)3;5-3(6)1-2-4(7)8/h5-10,13,20-21,24H,11-12H2,1-4H3;1-2H,(H,5,6)(H,7,8)/b;2-1-/t20-,21-;/m0./s1. The van der Waals surface area contributed by atoms with Crippen LogP contribution in [-0.2, 0) is 23.9 Å². The van der Waals surface area contributed by atoms with E-state index in [0.717, 1.165) is 5.56 Å². The zero-order valence-electron chi connectivity index (χ0n) is 21.4. The third-order valence-electron chi connectivity index (χ3n) is 5.28. The Hall–Kier alpha value is -4.09. The van der Waals surface area contributed by atoms with Gasteiger partial charge in [-0.15, -0.1) is 0 Å². The topological polar surface area (TPSA) is 146 Å². The molecule has 0 radical (unpaired) electrons. The molecule has 1 heterocycles. The van der Waals surface area contributed by atoms with E-state index in [-0.39, 0.29) is 5.91 Å². The molecule has 2 aromatic rings. The highest BCUT2D eigenvalue weighted by Crippen LogP contribution is 2.38. The Labute approximate surface area is 225 Å². The van der Waals surface area contributed by atoms with Crippen molar-refractivity contribution >= 4 is 46.8 Å². The molecule has 204 valence electrons. The number of carbonyl (C=O) groups is 4. The van der Waals surface area contributed by atoms with Crippen LogP contribution in [0.1, 0.15) is 18.5 Å². The van der Waals surface area contributed by atoms with E-state index >= 15 is 0 Å². The minimum atomic E-state index is -1.26. The fourth-order valence-electron chi connectivity index (χ4n) is 3.56. The van der Waals surface area contributed by atoms with Crippen LogP contribution in [0.2, 0.25) is 5.02 Å². The SMILES string of the molecule is COc1ccc([C@@H]2Nc3cc(Cl)ccc3N(CCN(C)C)C(=O)[C@H]2OC(C)=O)cc1.O=C(O)/C=C\C(=O)O. The van der Waals surface area contributed by atoms with Crippen molar-refractivity contribution in [2.75, 3.05) is 44.5 Å². The van der Waals surface area contributed by atoms with E-state index < -0.39 is 30.1 Å². The van der Waals surface area contributed by atoms with Crippen LogP contribution in [0.3, 0.4) is 0 Å². The molecule has 2 aromatic carbocycles. The first-order valence-corrected chi connectivity index (χ1v) is 11.8. The van der Waals surface area contributed by atoms with Crippen LogP contribution in [0.4, 0.5) is 11.4 Å². The summed E-state index contributed by atoms with van der Waals surface area (Å²) >= 11 is 6.24. The van der Waals surface area contributed by atoms with Crippen molar-refractivity contribution in [2.24, 2.45) is 0 Å². The third-order valence-corrected chi connectivity index (χ3v) is 5.51. The van der Waals surface area contributed by atoms with Gasteiger partial charge in [-0.05, 0) is 50.0 Å². The molecule has 0 aliphatic carbocycles. The van der Waals surface area contributed by atoms with Gasteiger partial charge in [0.15, 0.2) is 0 Å². The van der Waals surface area contributed by atoms with Crippen LogP contribution in [0, 0.1) is 0 Å². The molecule has 1 aliphatic rings. The average molecular weight is 548 g/mol. The van der Waals surface area contributed by atoms with Gasteiger partial charge in [0.25, 0.3) is 5.91 Å². The van der Waals surface area contributed by atoms with Crippen molar-refractivity contribution < 1.29 is 38.9 Å². The van der Waals surface area contributed by atoms with Crippen molar-refractivity contribution in [1.29, 1.82) is 0 Å². The summed E-state index contributed by atoms with van der Waals surface area (Å²) in [5, 5.41) is 19.5. The number of anilines is 2. The number of likely N-dealkylation sites (N-methyl/N-ethyl adjacent to an activating group) is 1. The minimum absolute atomic E-state index is 0.290. The Morgan fingerprint density at radius 2 is 1.68 bits per heavy atom. The van der Waals surface area contributed by atoms with Crippen molar-refractivity contribution in [3.8, 4) is 5.75 Å². The Morgan fingerprint density at radius 3 is 2.18 bits per heavy atom. The predicted octanol–water partition coefficient (Wildman–Crippen LogP) is 3.05. The predicted molar refractivity (Wildman–Crippen MR) is 142 cm³/mol. The number of rotatable bonds is 8. The van der Waals surface area contributed by atoms with Gasteiger partial charge in [-0.25, -0.2) is 9.59 Å². The molecule has 1 aliphatic heterocycles. The molecule has 38 heavy (non-hydrogen) atoms. The Kier molecular flexibility index (Phi) is 11.1. The number of ether oxygens (including phenoxy) is 2. The molecule has 3 rings (SSSR count). The summed E-state index contributed by atoms with van der Waals surface area (Å²) in [6, 6.07) is 12.0. The van der Waals surface area contributed by atoms with E-state index in [1.54, 1.807) is 42.3 Å². The number of halogens is 1. The highest BCUT2D eigenvalue weighted by Gasteiger charge is 2.40. The van der Waals surface area contributed by atoms with Crippen molar-refractivity contribution in [3.05, 3.63) is 65.2 Å². The van der Waals surface area contributed by atoms with Gasteiger partial charge >= 0.3 is 17.9 Å². The fourth-order valence-corrected chi connectivity index (χ4v) is 3.73. The number of carboxylic acids is 2. The highest BCUT2D eigenvalue weighted by molar-refractivity contribution is 6.31. The first-order valence-electron chi connectivity index (χ1n) is 11.4. The lowest BCUT2D eigenvalue weighted by atomic mass is 10.00. The van der Waals surface area contributed by atoms with Crippen LogP contribution in [0.15, 0.2) is 54.6 Å². The van der Waals surface area contributed by atoms with Crippen molar-refractivity contribution in [2.45, 2.75) is 19.1 Å². The zero-order valence-corrected chi connectivity index (χ0v) is 22.1. The molecule has 0 fully saturated rings. The van der Waals surface area contributed by atoms with Crippen LogP contribution >= 0.6 is 11.6 Å². The van der Waals surface area contributed by atoms with Gasteiger partial charge in [-0.3, -0.25) is 9.59 Å². The lowest BCUT2D eigenvalue weighted by molar-refractivity contribution is -0.153. The second-order valence-electron chi connectivity index (χ2n) is 8.39. The Morgan fingerprint density at radius 1 is 1.08 bits per heavy atom. The second-order valence-corrected chi connectivity index (χ2v) is 8.83. The lowest BCUT2D eigenvalue weighted by Gasteiger charge is -2.28. The Bertz CT molecular complexity index is 1170. The van der Waals surface area contributed by atoms with Gasteiger partial charge in [0, 0.05) is 37.2 Å². The summed E-state index contributed by atoms with van der Waals surface area (Å²) in [4.78, 5) is 48.2. The van der Waals surface area contributed by atoms with Gasteiger partial charge in [0.1, 0.15) is 5.75 Å². The fraction of sp³-hybridized carbons (Fsp3) is 0.308. The van der Waals surface area contributed by atoms with Gasteiger partial charge < -0.3 is 34.8 Å². The van der Waals surface area contributed by atoms with E-state index in [1.165, 1.54) is 6.92 Å². The molecule has 12 heteroatoms. The number of fused-ring (bicyclic) bond motifs is 1. The third kappa shape index (κ3) is 8.79. The maximum absolute atomic E-state index is 13.6. The summed E-state index contributed by atoms with van der Waals surface area (Å²) in [6.45, 7) is 2.39. The number of aliphatic carboxylic acids is 2. The summed E-state index contributed by atoms with van der Waals surface area (Å²) in [5.41, 5.74) is 2.18. The molecule has 3 N–H and O–H groups in total. The van der Waals surface area contributed by atoms with Crippen LogP contribution in [0.5, 0.6) is 5.75 Å². The smallest absolute Gasteiger partial charge is 0.328 e. The first-order chi connectivity index (χ1) is 17.9. The number of nitrogens with zero attached hydrogens (tertiary/aromatic N) is 2. The number of hydrogen-bond donors (Lipinski definition) is 3. The van der Waals surface area contributed by atoms with Gasteiger partial charge in [-0.2, -0.15) is 0 Å². The lowest BCUT2D eigenvalue weighted by Crippen LogP contribution is -2.46. The van der Waals surface area contributed by atoms with Crippen molar-refractivity contribution in [3.63, 3.8) is 0 Å². The van der Waals surface area contributed by atoms with Crippen LogP contribution in [-0.4, -0.2) is 79.3 Å². The second kappa shape index (κ2) is 14.0. The molecule has 0 unspecified atom stereocenters. The van der Waals surface area contributed by atoms with Crippen LogP contribution in [0.25, 0.3) is 0 Å². The number of esters is 1. The van der Waals surface area contributed by atoms with Gasteiger partial charge in [-0.1, -0.05) is 23.7 Å². The molecule has 0 spiro atoms. The number of carbonyl (C=O) groups excluding carboxylic acids is 2.